The molecule has 3 aromatic heterocycles. The fourth-order valence-corrected chi connectivity index (χ4v) is 4.49. The maximum absolute atomic E-state index is 13.8. The molecule has 0 aromatic carbocycles. The highest BCUT2D eigenvalue weighted by Crippen LogP contribution is 2.37. The zero-order valence-electron chi connectivity index (χ0n) is 14.2. The van der Waals surface area contributed by atoms with E-state index in [1.54, 1.807) is 12.1 Å². The summed E-state index contributed by atoms with van der Waals surface area (Å²) in [5.41, 5.74) is -2.01. The lowest BCUT2D eigenvalue weighted by molar-refractivity contribution is -0.136. The number of thiophene rings is 1. The van der Waals surface area contributed by atoms with Crippen LogP contribution in [0.3, 0.4) is 0 Å². The Bertz CT molecular complexity index is 1160. The zero-order chi connectivity index (χ0) is 20.1. The van der Waals surface area contributed by atoms with E-state index in [9.17, 15) is 18.0 Å². The molecule has 0 saturated carbocycles. The number of rotatable bonds is 3. The van der Waals surface area contributed by atoms with Gasteiger partial charge in [-0.2, -0.15) is 13.2 Å². The third kappa shape index (κ3) is 3.61. The molecule has 1 aliphatic rings. The van der Waals surface area contributed by atoms with Crippen molar-refractivity contribution in [3.05, 3.63) is 43.2 Å². The van der Waals surface area contributed by atoms with Gasteiger partial charge >= 0.3 is 6.18 Å². The normalized spacial score (nSPS) is 17.5. The van der Waals surface area contributed by atoms with Gasteiger partial charge in [0.1, 0.15) is 5.65 Å². The van der Waals surface area contributed by atoms with Crippen LogP contribution in [0.25, 0.3) is 21.6 Å². The van der Waals surface area contributed by atoms with E-state index in [0.29, 0.717) is 15.8 Å². The number of hydrogen-bond donors (Lipinski definition) is 1. The van der Waals surface area contributed by atoms with Gasteiger partial charge in [-0.1, -0.05) is 11.6 Å². The second kappa shape index (κ2) is 7.25. The smallest absolute Gasteiger partial charge is 0.376 e. The van der Waals surface area contributed by atoms with Gasteiger partial charge in [0.2, 0.25) is 0 Å². The summed E-state index contributed by atoms with van der Waals surface area (Å²) in [6.07, 6.45) is -3.32. The van der Waals surface area contributed by atoms with Gasteiger partial charge in [0.05, 0.1) is 38.5 Å². The average Bonchev–Trinajstić information content (AvgIpc) is 3.28. The van der Waals surface area contributed by atoms with Gasteiger partial charge in [-0.3, -0.25) is 14.3 Å². The maximum Gasteiger partial charge on any atom is 0.417 e. The van der Waals surface area contributed by atoms with Crippen molar-refractivity contribution in [2.75, 3.05) is 6.61 Å². The first-order valence-electron chi connectivity index (χ1n) is 8.36. The van der Waals surface area contributed by atoms with Gasteiger partial charge in [0, 0.05) is 6.61 Å². The summed E-state index contributed by atoms with van der Waals surface area (Å²) in [7, 11) is 0. The molecule has 1 N–H and O–H groups in total. The fourth-order valence-electron chi connectivity index (χ4n) is 3.24. The van der Waals surface area contributed by atoms with Gasteiger partial charge in [0.25, 0.3) is 5.56 Å². The van der Waals surface area contributed by atoms with Crippen LogP contribution in [0.15, 0.2) is 23.0 Å². The average molecular weight is 448 g/mol. The topological polar surface area (TPSA) is 59.9 Å². The monoisotopic (exact) mass is 447 g/mol. The summed E-state index contributed by atoms with van der Waals surface area (Å²) in [6, 6.07) is 4.05. The molecule has 0 unspecified atom stereocenters. The van der Waals surface area contributed by atoms with Crippen molar-refractivity contribution in [2.45, 2.75) is 31.7 Å². The first-order chi connectivity index (χ1) is 13.2. The van der Waals surface area contributed by atoms with E-state index in [0.717, 1.165) is 30.2 Å². The van der Waals surface area contributed by atoms with Gasteiger partial charge in [-0.25, -0.2) is 4.98 Å². The second-order valence-electron chi connectivity index (χ2n) is 6.36. The van der Waals surface area contributed by atoms with Crippen molar-refractivity contribution in [1.29, 1.82) is 0 Å². The van der Waals surface area contributed by atoms with E-state index >= 15 is 0 Å². The molecule has 1 saturated heterocycles. The molecule has 5 nitrogen and oxygen atoms in total. The van der Waals surface area contributed by atoms with Crippen molar-refractivity contribution < 1.29 is 17.9 Å². The highest BCUT2D eigenvalue weighted by Gasteiger charge is 2.36. The standard InChI is InChI=1S/C17H13ClF3N3O2S2/c18-12-4-3-11(28-12)10-6-9(17(19,20)21)13-14(22-10)24(16(27)23-15(13)25)7-8-2-1-5-26-8/h3-4,6,8H,1-2,5,7H2,(H,23,25,27)/t8-/m0/s1. The van der Waals surface area contributed by atoms with Crippen LogP contribution in [0.2, 0.25) is 4.34 Å². The molecule has 1 atom stereocenters. The number of aromatic amines is 1. The second-order valence-corrected chi connectivity index (χ2v) is 8.46. The van der Waals surface area contributed by atoms with Crippen molar-refractivity contribution >= 4 is 46.2 Å². The molecular weight excluding hydrogens is 435 g/mol. The predicted molar refractivity (Wildman–Crippen MR) is 103 cm³/mol. The quantitative estimate of drug-likeness (QED) is 0.572. The minimum absolute atomic E-state index is 0.00925. The van der Waals surface area contributed by atoms with Crippen LogP contribution in [-0.4, -0.2) is 27.2 Å². The van der Waals surface area contributed by atoms with E-state index in [2.05, 4.69) is 9.97 Å². The summed E-state index contributed by atoms with van der Waals surface area (Å²) in [4.78, 5) is 19.6. The predicted octanol–water partition coefficient (Wildman–Crippen LogP) is 5.03. The van der Waals surface area contributed by atoms with E-state index in [1.165, 1.54) is 4.57 Å². The Hall–Kier alpha value is -1.75. The molecule has 4 heterocycles. The number of hydrogen-bond acceptors (Lipinski definition) is 5. The molecule has 0 spiro atoms. The maximum atomic E-state index is 13.8. The molecule has 11 heteroatoms. The molecule has 148 valence electrons. The molecule has 4 rings (SSSR count). The molecular formula is C17H13ClF3N3O2S2. The minimum Gasteiger partial charge on any atom is -0.376 e. The van der Waals surface area contributed by atoms with Gasteiger partial charge in [0.15, 0.2) is 4.77 Å². The number of nitrogens with zero attached hydrogens (tertiary/aromatic N) is 2. The molecule has 0 amide bonds. The Balaban J connectivity index is 2.03. The van der Waals surface area contributed by atoms with Crippen molar-refractivity contribution in [1.82, 2.24) is 14.5 Å². The van der Waals surface area contributed by atoms with Gasteiger partial charge < -0.3 is 4.74 Å². The summed E-state index contributed by atoms with van der Waals surface area (Å²) in [5, 5.41) is -0.537. The van der Waals surface area contributed by atoms with Crippen LogP contribution >= 0.6 is 35.2 Å². The molecule has 1 fully saturated rings. The van der Waals surface area contributed by atoms with Crippen LogP contribution in [0.4, 0.5) is 13.2 Å². The van der Waals surface area contributed by atoms with Gasteiger partial charge in [-0.05, 0) is 43.3 Å². The number of aromatic nitrogens is 3. The Kier molecular flexibility index (Phi) is 5.07. The Labute approximate surface area is 170 Å². The minimum atomic E-state index is -4.74. The molecule has 28 heavy (non-hydrogen) atoms. The lowest BCUT2D eigenvalue weighted by atomic mass is 10.1. The third-order valence-electron chi connectivity index (χ3n) is 4.49. The Morgan fingerprint density at radius 2 is 2.21 bits per heavy atom. The van der Waals surface area contributed by atoms with Crippen LogP contribution in [-0.2, 0) is 17.5 Å². The Morgan fingerprint density at radius 1 is 1.43 bits per heavy atom. The zero-order valence-corrected chi connectivity index (χ0v) is 16.6. The largest absolute Gasteiger partial charge is 0.417 e. The highest BCUT2D eigenvalue weighted by molar-refractivity contribution is 7.71. The van der Waals surface area contributed by atoms with Crippen LogP contribution < -0.4 is 5.56 Å². The van der Waals surface area contributed by atoms with E-state index in [1.807, 2.05) is 0 Å². The van der Waals surface area contributed by atoms with Crippen LogP contribution in [0.5, 0.6) is 0 Å². The number of nitrogens with one attached hydrogen (secondary N) is 1. The van der Waals surface area contributed by atoms with Crippen LogP contribution in [0.1, 0.15) is 18.4 Å². The van der Waals surface area contributed by atoms with Crippen molar-refractivity contribution in [3.8, 4) is 10.6 Å². The lowest BCUT2D eigenvalue weighted by Gasteiger charge is -2.17. The SMILES string of the molecule is O=c1[nH]c(=S)n(C[C@@H]2CCCO2)c2nc(-c3ccc(Cl)s3)cc(C(F)(F)F)c12. The number of pyridine rings is 1. The number of ether oxygens (including phenoxy) is 1. The van der Waals surface area contributed by atoms with Crippen LogP contribution in [0, 0.1) is 4.77 Å². The van der Waals surface area contributed by atoms with E-state index in [-0.39, 0.29) is 28.8 Å². The summed E-state index contributed by atoms with van der Waals surface area (Å²) >= 11 is 12.2. The van der Waals surface area contributed by atoms with E-state index in [4.69, 9.17) is 28.6 Å². The summed E-state index contributed by atoms with van der Waals surface area (Å²) in [6.45, 7) is 0.796. The molecule has 0 bridgehead atoms. The third-order valence-corrected chi connectivity index (χ3v) is 6.07. The molecule has 1 aliphatic heterocycles. The number of fused-ring (bicyclic) bond motifs is 1. The first-order valence-corrected chi connectivity index (χ1v) is 9.96. The Morgan fingerprint density at radius 3 is 2.82 bits per heavy atom. The van der Waals surface area contributed by atoms with Gasteiger partial charge in [-0.15, -0.1) is 11.3 Å². The van der Waals surface area contributed by atoms with E-state index < -0.39 is 22.7 Å². The van der Waals surface area contributed by atoms with Crippen molar-refractivity contribution in [2.24, 2.45) is 0 Å². The summed E-state index contributed by atoms with van der Waals surface area (Å²) < 4.78 is 48.7. The molecule has 0 aliphatic carbocycles. The summed E-state index contributed by atoms with van der Waals surface area (Å²) in [5.74, 6) is 0. The fraction of sp³-hybridized carbons (Fsp3) is 0.353. The molecule has 3 aromatic rings. The number of halogens is 4. The first kappa shape index (κ1) is 19.6. The number of alkyl halides is 3. The molecule has 0 radical (unpaired) electrons. The lowest BCUT2D eigenvalue weighted by Crippen LogP contribution is -2.24. The van der Waals surface area contributed by atoms with Crippen molar-refractivity contribution in [3.63, 3.8) is 0 Å². The highest BCUT2D eigenvalue weighted by atomic mass is 35.5. The number of H-pyrrole nitrogens is 1.